The van der Waals surface area contributed by atoms with Crippen LogP contribution >= 0.6 is 0 Å². The van der Waals surface area contributed by atoms with Crippen molar-refractivity contribution in [2.75, 3.05) is 30.4 Å². The normalized spacial score (nSPS) is 24.6. The van der Waals surface area contributed by atoms with Gasteiger partial charge in [0.15, 0.2) is 11.5 Å². The average molecular weight is 539 g/mol. The summed E-state index contributed by atoms with van der Waals surface area (Å²) in [6, 6.07) is 7.43. The Hall–Kier alpha value is -3.38. The van der Waals surface area contributed by atoms with Crippen molar-refractivity contribution in [3.05, 3.63) is 30.1 Å². The Bertz CT molecular complexity index is 1470. The van der Waals surface area contributed by atoms with Gasteiger partial charge in [0.1, 0.15) is 5.82 Å². The molecule has 3 aliphatic rings. The van der Waals surface area contributed by atoms with Crippen molar-refractivity contribution in [1.82, 2.24) is 33.8 Å². The van der Waals surface area contributed by atoms with E-state index in [0.29, 0.717) is 41.8 Å². The first kappa shape index (κ1) is 24.9. The summed E-state index contributed by atoms with van der Waals surface area (Å²) in [7, 11) is -1.65. The van der Waals surface area contributed by atoms with E-state index >= 15 is 0 Å². The molecule has 0 amide bonds. The summed E-state index contributed by atoms with van der Waals surface area (Å²) in [5.41, 5.74) is 1.12. The van der Waals surface area contributed by atoms with Crippen molar-refractivity contribution >= 4 is 38.8 Å². The molecule has 3 atom stereocenters. The standard InChI is InChI=1S/C24H30N10O3S/c1-32(19-9-17-4-2-5-18(10-19)34(17)38(36,37)33-12-15(11-25)13-33)24-28-22-20(6-3-7-26-22)23(29-24)27-21-8-16(14-35)30-31-21/h3,6-8,15,17-19,35H,2,4-5,9-10,12-14H2,1H3,(H2,26,27,28,29,30,31)/t17-,18+,19-. The zero-order valence-corrected chi connectivity index (χ0v) is 21.8. The number of hydrogen-bond acceptors (Lipinski definition) is 10. The summed E-state index contributed by atoms with van der Waals surface area (Å²) >= 11 is 0. The Kier molecular flexibility index (Phi) is 6.39. The number of rotatable bonds is 7. The van der Waals surface area contributed by atoms with Gasteiger partial charge >= 0.3 is 0 Å². The van der Waals surface area contributed by atoms with E-state index in [9.17, 15) is 13.5 Å². The topological polar surface area (TPSA) is 167 Å². The predicted molar refractivity (Wildman–Crippen MR) is 139 cm³/mol. The van der Waals surface area contributed by atoms with Crippen molar-refractivity contribution < 1.29 is 13.5 Å². The maximum atomic E-state index is 13.4. The Morgan fingerprint density at radius 2 is 2.03 bits per heavy atom. The molecular formula is C24H30N10O3S. The molecule has 3 aromatic heterocycles. The molecule has 0 aromatic carbocycles. The van der Waals surface area contributed by atoms with Gasteiger partial charge in [-0.05, 0) is 37.8 Å². The highest BCUT2D eigenvalue weighted by molar-refractivity contribution is 7.86. The lowest BCUT2D eigenvalue weighted by Crippen LogP contribution is -2.64. The van der Waals surface area contributed by atoms with E-state index in [0.717, 1.165) is 24.6 Å². The van der Waals surface area contributed by atoms with E-state index in [1.165, 1.54) is 4.31 Å². The monoisotopic (exact) mass is 538 g/mol. The molecule has 3 aliphatic heterocycles. The lowest BCUT2D eigenvalue weighted by molar-refractivity contribution is 0.0930. The second-order valence-electron chi connectivity index (χ2n) is 10.3. The molecule has 3 aromatic rings. The van der Waals surface area contributed by atoms with Crippen LogP contribution in [0, 0.1) is 17.2 Å². The number of aliphatic hydroxyl groups excluding tert-OH is 1. The minimum absolute atomic E-state index is 0.0559. The largest absolute Gasteiger partial charge is 0.390 e. The number of aromatic nitrogens is 5. The number of aliphatic hydroxyl groups is 1. The molecule has 14 heteroatoms. The maximum absolute atomic E-state index is 13.4. The fourth-order valence-electron chi connectivity index (χ4n) is 5.84. The van der Waals surface area contributed by atoms with Crippen molar-refractivity contribution in [2.45, 2.75) is 56.8 Å². The lowest BCUT2D eigenvalue weighted by Gasteiger charge is -2.51. The molecular weight excluding hydrogens is 508 g/mol. The average Bonchev–Trinajstić information content (AvgIpc) is 3.34. The number of nitriles is 1. The highest BCUT2D eigenvalue weighted by Gasteiger charge is 2.50. The second-order valence-corrected chi connectivity index (χ2v) is 12.1. The van der Waals surface area contributed by atoms with Gasteiger partial charge in [-0.25, -0.2) is 4.98 Å². The Morgan fingerprint density at radius 3 is 2.71 bits per heavy atom. The van der Waals surface area contributed by atoms with E-state index < -0.39 is 10.2 Å². The molecule has 0 aliphatic carbocycles. The van der Waals surface area contributed by atoms with E-state index in [4.69, 9.17) is 15.2 Å². The maximum Gasteiger partial charge on any atom is 0.282 e. The second kappa shape index (κ2) is 9.73. The third-order valence-electron chi connectivity index (χ3n) is 7.88. The van der Waals surface area contributed by atoms with Gasteiger partial charge in [-0.2, -0.15) is 37.4 Å². The molecule has 6 rings (SSSR count). The number of nitrogens with one attached hydrogen (secondary N) is 2. The molecule has 3 fully saturated rings. The summed E-state index contributed by atoms with van der Waals surface area (Å²) in [5.74, 6) is 1.34. The third kappa shape index (κ3) is 4.35. The predicted octanol–water partition coefficient (Wildman–Crippen LogP) is 1.51. The molecule has 0 spiro atoms. The van der Waals surface area contributed by atoms with Gasteiger partial charge in [0, 0.05) is 50.5 Å². The summed E-state index contributed by atoms with van der Waals surface area (Å²) in [6.07, 6.45) is 5.66. The zero-order chi connectivity index (χ0) is 26.4. The van der Waals surface area contributed by atoms with Crippen molar-refractivity contribution in [1.29, 1.82) is 5.26 Å². The number of fused-ring (bicyclic) bond motifs is 3. The fourth-order valence-corrected chi connectivity index (χ4v) is 7.98. The van der Waals surface area contributed by atoms with Gasteiger partial charge < -0.3 is 15.3 Å². The van der Waals surface area contributed by atoms with Gasteiger partial charge in [0.05, 0.1) is 29.7 Å². The van der Waals surface area contributed by atoms with Crippen LogP contribution < -0.4 is 10.2 Å². The molecule has 3 saturated heterocycles. The number of nitrogens with zero attached hydrogens (tertiary/aromatic N) is 8. The van der Waals surface area contributed by atoms with Crippen LogP contribution in [0.2, 0.25) is 0 Å². The van der Waals surface area contributed by atoms with Crippen molar-refractivity contribution in [2.24, 2.45) is 5.92 Å². The van der Waals surface area contributed by atoms with Gasteiger partial charge in [0.25, 0.3) is 10.2 Å². The summed E-state index contributed by atoms with van der Waals surface area (Å²) < 4.78 is 30.1. The first-order chi connectivity index (χ1) is 18.4. The highest BCUT2D eigenvalue weighted by Crippen LogP contribution is 2.40. The van der Waals surface area contributed by atoms with Crippen molar-refractivity contribution in [3.63, 3.8) is 0 Å². The van der Waals surface area contributed by atoms with E-state index in [-0.39, 0.29) is 43.7 Å². The number of anilines is 3. The Morgan fingerprint density at radius 1 is 1.26 bits per heavy atom. The molecule has 3 N–H and O–H groups in total. The minimum Gasteiger partial charge on any atom is -0.390 e. The SMILES string of the molecule is CN(c1nc(Nc2cc(CO)[nH]n2)c2cccnc2n1)[C@@H]1C[C@H]2CCC[C@@H](C1)N2S(=O)(=O)N1CC(C#N)C1. The van der Waals surface area contributed by atoms with Crippen LogP contribution in [0.1, 0.15) is 37.8 Å². The number of pyridine rings is 1. The van der Waals surface area contributed by atoms with Gasteiger partial charge in [-0.15, -0.1) is 0 Å². The molecule has 13 nitrogen and oxygen atoms in total. The van der Waals surface area contributed by atoms with Gasteiger partial charge in [-0.1, -0.05) is 6.42 Å². The number of hydrogen-bond donors (Lipinski definition) is 3. The highest BCUT2D eigenvalue weighted by atomic mass is 32.2. The lowest BCUT2D eigenvalue weighted by atomic mass is 9.83. The van der Waals surface area contributed by atoms with E-state index in [2.05, 4.69) is 26.6 Å². The Labute approximate surface area is 220 Å². The first-order valence-corrected chi connectivity index (χ1v) is 14.2. The number of piperidine rings is 2. The van der Waals surface area contributed by atoms with E-state index in [1.54, 1.807) is 16.6 Å². The van der Waals surface area contributed by atoms with Crippen LogP contribution in [-0.4, -0.2) is 85.5 Å². The summed E-state index contributed by atoms with van der Waals surface area (Å²) in [5, 5.41) is 29.4. The van der Waals surface area contributed by atoms with Crippen LogP contribution in [0.5, 0.6) is 0 Å². The van der Waals surface area contributed by atoms with Gasteiger partial charge in [0.2, 0.25) is 5.95 Å². The van der Waals surface area contributed by atoms with Crippen LogP contribution in [-0.2, 0) is 16.8 Å². The summed E-state index contributed by atoms with van der Waals surface area (Å²) in [6.45, 7) is 0.408. The molecule has 200 valence electrons. The molecule has 6 heterocycles. The van der Waals surface area contributed by atoms with Gasteiger partial charge in [-0.3, -0.25) is 5.10 Å². The van der Waals surface area contributed by atoms with Crippen LogP contribution in [0.3, 0.4) is 0 Å². The molecule has 0 saturated carbocycles. The molecule has 0 radical (unpaired) electrons. The van der Waals surface area contributed by atoms with Crippen LogP contribution in [0.15, 0.2) is 24.4 Å². The quantitative estimate of drug-likeness (QED) is 0.401. The molecule has 2 bridgehead atoms. The minimum atomic E-state index is -3.59. The van der Waals surface area contributed by atoms with E-state index in [1.807, 2.05) is 24.1 Å². The Balaban J connectivity index is 1.26. The van der Waals surface area contributed by atoms with Crippen LogP contribution in [0.25, 0.3) is 11.0 Å². The number of aromatic amines is 1. The fraction of sp³-hybridized carbons (Fsp3) is 0.542. The molecule has 0 unspecified atom stereocenters. The van der Waals surface area contributed by atoms with Crippen molar-refractivity contribution in [3.8, 4) is 6.07 Å². The molecule has 38 heavy (non-hydrogen) atoms. The summed E-state index contributed by atoms with van der Waals surface area (Å²) in [4.78, 5) is 16.0. The smallest absolute Gasteiger partial charge is 0.282 e. The van der Waals surface area contributed by atoms with Crippen LogP contribution in [0.4, 0.5) is 17.6 Å². The zero-order valence-electron chi connectivity index (χ0n) is 21.0. The third-order valence-corrected chi connectivity index (χ3v) is 9.96. The first-order valence-electron chi connectivity index (χ1n) is 12.8. The number of H-pyrrole nitrogens is 1.